The number of carbonyl (C=O) groups is 1. The van der Waals surface area contributed by atoms with Crippen molar-refractivity contribution >= 4 is 44.9 Å². The van der Waals surface area contributed by atoms with Gasteiger partial charge in [0.25, 0.3) is 0 Å². The zero-order valence-electron chi connectivity index (χ0n) is 25.9. The minimum absolute atomic E-state index is 0.0822. The lowest BCUT2D eigenvalue weighted by Gasteiger charge is -2.47. The first-order valence-electron chi connectivity index (χ1n) is 14.7. The number of amidine groups is 1. The van der Waals surface area contributed by atoms with Crippen molar-refractivity contribution in [1.29, 1.82) is 0 Å². The first kappa shape index (κ1) is 32.3. The summed E-state index contributed by atoms with van der Waals surface area (Å²) in [7, 11) is -3.23. The van der Waals surface area contributed by atoms with E-state index < -0.39 is 20.9 Å². The summed E-state index contributed by atoms with van der Waals surface area (Å²) in [6, 6.07) is 16.4. The molecule has 0 unspecified atom stereocenters. The SMILES string of the molecule is CCOc1cc(C(C)(C)C)ncc1C1=N[C@@](C)(c2ccc(Cl)cc2)[C@@](C)(c2ccc(Cl)cc2)N1C(=O)N1CCS(=O)(=O)CC1. The first-order chi connectivity index (χ1) is 20.6. The maximum Gasteiger partial charge on any atom is 0.326 e. The molecule has 44 heavy (non-hydrogen) atoms. The van der Waals surface area contributed by atoms with Crippen LogP contribution in [0.3, 0.4) is 0 Å². The fourth-order valence-electron chi connectivity index (χ4n) is 5.90. The van der Waals surface area contributed by atoms with Gasteiger partial charge in [-0.25, -0.2) is 13.2 Å². The van der Waals surface area contributed by atoms with Crippen LogP contribution in [0.4, 0.5) is 4.79 Å². The number of halogens is 2. The molecule has 8 nitrogen and oxygen atoms in total. The monoisotopic (exact) mass is 656 g/mol. The lowest BCUT2D eigenvalue weighted by Crippen LogP contribution is -2.60. The summed E-state index contributed by atoms with van der Waals surface area (Å²) in [4.78, 5) is 28.3. The second-order valence-corrected chi connectivity index (χ2v) is 15.8. The average molecular weight is 658 g/mol. The van der Waals surface area contributed by atoms with E-state index in [1.807, 2.05) is 63.2 Å². The fourth-order valence-corrected chi connectivity index (χ4v) is 7.36. The lowest BCUT2D eigenvalue weighted by molar-refractivity contribution is 0.110. The molecule has 2 atom stereocenters. The Hall–Kier alpha value is -3.14. The number of nitrogens with zero attached hydrogens (tertiary/aromatic N) is 4. The second-order valence-electron chi connectivity index (χ2n) is 12.6. The first-order valence-corrected chi connectivity index (χ1v) is 17.2. The van der Waals surface area contributed by atoms with Crippen molar-refractivity contribution in [1.82, 2.24) is 14.8 Å². The van der Waals surface area contributed by atoms with Crippen molar-refractivity contribution in [3.05, 3.63) is 93.2 Å². The number of ether oxygens (including phenoxy) is 1. The predicted molar refractivity (Wildman–Crippen MR) is 176 cm³/mol. The Morgan fingerprint density at radius 1 is 0.955 bits per heavy atom. The second kappa shape index (κ2) is 11.7. The molecule has 3 heterocycles. The highest BCUT2D eigenvalue weighted by Gasteiger charge is 2.60. The van der Waals surface area contributed by atoms with Crippen molar-refractivity contribution in [3.63, 3.8) is 0 Å². The van der Waals surface area contributed by atoms with E-state index in [0.29, 0.717) is 33.8 Å². The molecule has 0 bridgehead atoms. The molecule has 0 radical (unpaired) electrons. The van der Waals surface area contributed by atoms with E-state index in [9.17, 15) is 13.2 Å². The molecule has 2 aliphatic rings. The zero-order valence-corrected chi connectivity index (χ0v) is 28.2. The fraction of sp³-hybridized carbons (Fsp3) is 0.424. The van der Waals surface area contributed by atoms with Crippen LogP contribution in [0.15, 0.2) is 65.8 Å². The van der Waals surface area contributed by atoms with Gasteiger partial charge in [0, 0.05) is 46.5 Å². The summed E-state index contributed by atoms with van der Waals surface area (Å²) in [6.07, 6.45) is 1.72. The molecule has 0 aliphatic carbocycles. The van der Waals surface area contributed by atoms with Crippen LogP contribution < -0.4 is 4.74 Å². The zero-order chi connectivity index (χ0) is 32.1. The van der Waals surface area contributed by atoms with E-state index in [1.165, 1.54) is 0 Å². The van der Waals surface area contributed by atoms with E-state index in [0.717, 1.165) is 16.8 Å². The van der Waals surface area contributed by atoms with Crippen LogP contribution in [0.2, 0.25) is 10.0 Å². The molecule has 234 valence electrons. The third-order valence-electron chi connectivity index (χ3n) is 8.73. The maximum atomic E-state index is 14.8. The molecule has 1 aromatic heterocycles. The Morgan fingerprint density at radius 2 is 1.50 bits per heavy atom. The van der Waals surface area contributed by atoms with Crippen molar-refractivity contribution in [2.24, 2.45) is 4.99 Å². The summed E-state index contributed by atoms with van der Waals surface area (Å²) in [5.41, 5.74) is 0.676. The van der Waals surface area contributed by atoms with Gasteiger partial charge in [-0.1, -0.05) is 68.2 Å². The smallest absolute Gasteiger partial charge is 0.326 e. The third-order valence-corrected chi connectivity index (χ3v) is 10.8. The van der Waals surface area contributed by atoms with Gasteiger partial charge in [-0.15, -0.1) is 0 Å². The summed E-state index contributed by atoms with van der Waals surface area (Å²) in [5.74, 6) is 0.743. The van der Waals surface area contributed by atoms with E-state index >= 15 is 0 Å². The van der Waals surface area contributed by atoms with Crippen LogP contribution in [0, 0.1) is 0 Å². The average Bonchev–Trinajstić information content (AvgIpc) is 3.21. The van der Waals surface area contributed by atoms with Gasteiger partial charge in [0.1, 0.15) is 22.7 Å². The largest absolute Gasteiger partial charge is 0.493 e. The summed E-state index contributed by atoms with van der Waals surface area (Å²) >= 11 is 12.6. The molecular formula is C33H38Cl2N4O4S. The molecule has 0 saturated carbocycles. The molecule has 11 heteroatoms. The van der Waals surface area contributed by atoms with Crippen LogP contribution in [-0.4, -0.2) is 66.3 Å². The highest BCUT2D eigenvalue weighted by atomic mass is 35.5. The number of carbonyl (C=O) groups excluding carboxylic acids is 1. The van der Waals surface area contributed by atoms with Gasteiger partial charge in [0.2, 0.25) is 0 Å². The number of amides is 2. The molecule has 1 fully saturated rings. The van der Waals surface area contributed by atoms with E-state index in [4.69, 9.17) is 37.9 Å². The Balaban J connectivity index is 1.80. The van der Waals surface area contributed by atoms with Crippen LogP contribution in [0.1, 0.15) is 63.9 Å². The van der Waals surface area contributed by atoms with Gasteiger partial charge < -0.3 is 9.64 Å². The molecule has 3 aromatic rings. The molecule has 0 spiro atoms. The van der Waals surface area contributed by atoms with Gasteiger partial charge in [-0.3, -0.25) is 14.9 Å². The predicted octanol–water partition coefficient (Wildman–Crippen LogP) is 6.83. The number of rotatable bonds is 5. The highest BCUT2D eigenvalue weighted by molar-refractivity contribution is 7.91. The van der Waals surface area contributed by atoms with Gasteiger partial charge in [0.05, 0.1) is 23.7 Å². The normalized spacial score (nSPS) is 23.4. The van der Waals surface area contributed by atoms with Crippen molar-refractivity contribution in [2.45, 2.75) is 58.0 Å². The Labute approximate surface area is 270 Å². The van der Waals surface area contributed by atoms with Gasteiger partial charge in [-0.05, 0) is 56.2 Å². The number of hydrogen-bond donors (Lipinski definition) is 0. The molecule has 2 aromatic carbocycles. The number of benzene rings is 2. The lowest BCUT2D eigenvalue weighted by atomic mass is 9.71. The minimum Gasteiger partial charge on any atom is -0.493 e. The Bertz CT molecular complexity index is 1690. The number of aliphatic imine (C=N–C) groups is 1. The van der Waals surface area contributed by atoms with Crippen LogP contribution in [0.5, 0.6) is 5.75 Å². The van der Waals surface area contributed by atoms with Gasteiger partial charge >= 0.3 is 6.03 Å². The molecule has 0 N–H and O–H groups in total. The van der Waals surface area contributed by atoms with Crippen LogP contribution in [0.25, 0.3) is 0 Å². The molecular weight excluding hydrogens is 619 g/mol. The maximum absolute atomic E-state index is 14.8. The van der Waals surface area contributed by atoms with Crippen molar-refractivity contribution in [3.8, 4) is 5.75 Å². The summed E-state index contributed by atoms with van der Waals surface area (Å²) < 4.78 is 30.8. The number of pyridine rings is 1. The summed E-state index contributed by atoms with van der Waals surface area (Å²) in [6.45, 7) is 12.7. The molecule has 5 rings (SSSR count). The number of urea groups is 1. The quantitative estimate of drug-likeness (QED) is 0.300. The summed E-state index contributed by atoms with van der Waals surface area (Å²) in [5, 5.41) is 1.14. The third kappa shape index (κ3) is 5.70. The molecule has 2 amide bonds. The molecule has 2 aliphatic heterocycles. The van der Waals surface area contributed by atoms with Crippen molar-refractivity contribution < 1.29 is 17.9 Å². The highest BCUT2D eigenvalue weighted by Crippen LogP contribution is 2.54. The van der Waals surface area contributed by atoms with Gasteiger partial charge in [0.15, 0.2) is 9.84 Å². The Morgan fingerprint density at radius 3 is 2.02 bits per heavy atom. The van der Waals surface area contributed by atoms with E-state index in [2.05, 4.69) is 20.8 Å². The topological polar surface area (TPSA) is 92.2 Å². The van der Waals surface area contributed by atoms with Crippen LogP contribution in [-0.2, 0) is 26.3 Å². The number of sulfone groups is 1. The number of aromatic nitrogens is 1. The molecule has 1 saturated heterocycles. The van der Waals surface area contributed by atoms with Crippen molar-refractivity contribution in [2.75, 3.05) is 31.2 Å². The standard InChI is InChI=1S/C33H38Cl2N4O4S/c1-7-43-27-20-28(31(2,3)4)36-21-26(27)29-37-32(5,22-8-12-24(34)13-9-22)33(6,23-10-14-25(35)15-11-23)39(29)30(40)38-16-18-44(41,42)19-17-38/h8-15,20-21H,7,16-19H2,1-6H3/t32-,33+/m0/s1. The van der Waals surface area contributed by atoms with Crippen LogP contribution >= 0.6 is 23.2 Å². The van der Waals surface area contributed by atoms with Gasteiger partial charge in [-0.2, -0.15) is 0 Å². The number of hydrogen-bond acceptors (Lipinski definition) is 6. The minimum atomic E-state index is -3.23. The van der Waals surface area contributed by atoms with E-state index in [1.54, 1.807) is 28.1 Å². The van der Waals surface area contributed by atoms with E-state index in [-0.39, 0.29) is 36.0 Å². The Kier molecular flexibility index (Phi) is 8.55.